The highest BCUT2D eigenvalue weighted by Gasteiger charge is 2.19. The van der Waals surface area contributed by atoms with Crippen molar-refractivity contribution >= 4 is 22.6 Å². The van der Waals surface area contributed by atoms with E-state index in [1.165, 1.54) is 11.9 Å². The van der Waals surface area contributed by atoms with E-state index < -0.39 is 29.5 Å². The minimum atomic E-state index is -0.931. The first-order valence-corrected chi connectivity index (χ1v) is 8.57. The molecule has 0 radical (unpaired) electrons. The van der Waals surface area contributed by atoms with Gasteiger partial charge in [0.25, 0.3) is 11.0 Å². The number of fused-ring (bicyclic) bond motifs is 1. The lowest BCUT2D eigenvalue weighted by Gasteiger charge is -2.17. The highest BCUT2D eigenvalue weighted by Crippen LogP contribution is 2.25. The summed E-state index contributed by atoms with van der Waals surface area (Å²) in [4.78, 5) is 39.7. The predicted molar refractivity (Wildman–Crippen MR) is 100 cm³/mol. The molecule has 0 N–H and O–H groups in total. The van der Waals surface area contributed by atoms with Crippen molar-refractivity contribution in [2.45, 2.75) is 12.8 Å². The lowest BCUT2D eigenvalue weighted by atomic mass is 9.98. The fraction of sp³-hybridized carbons (Fsp3) is 0.368. The molecule has 2 rings (SSSR count). The van der Waals surface area contributed by atoms with Gasteiger partial charge in [-0.2, -0.15) is 0 Å². The summed E-state index contributed by atoms with van der Waals surface area (Å²) in [5.41, 5.74) is 0.767. The average Bonchev–Trinajstić information content (AvgIpc) is 2.69. The number of esters is 1. The molecule has 28 heavy (non-hydrogen) atoms. The molecule has 9 nitrogen and oxygen atoms in total. The number of benzene rings is 2. The molecule has 0 saturated heterocycles. The van der Waals surface area contributed by atoms with Crippen LogP contribution < -0.4 is 4.74 Å². The molecule has 0 aliphatic rings. The monoisotopic (exact) mass is 390 g/mol. The number of hydrogen-bond acceptors (Lipinski definition) is 7. The molecular weight excluding hydrogens is 368 g/mol. The van der Waals surface area contributed by atoms with Crippen molar-refractivity contribution in [1.29, 1.82) is 0 Å². The topological polar surface area (TPSA) is 108 Å². The van der Waals surface area contributed by atoms with Crippen LogP contribution in [-0.4, -0.2) is 55.8 Å². The quantitative estimate of drug-likeness (QED) is 0.367. The Kier molecular flexibility index (Phi) is 7.14. The highest BCUT2D eigenvalue weighted by molar-refractivity contribution is 5.87. The molecule has 0 saturated carbocycles. The van der Waals surface area contributed by atoms with Gasteiger partial charge in [-0.3, -0.25) is 9.59 Å². The van der Waals surface area contributed by atoms with E-state index >= 15 is 0 Å². The van der Waals surface area contributed by atoms with Crippen LogP contribution in [0.4, 0.5) is 0 Å². The maximum atomic E-state index is 12.3. The van der Waals surface area contributed by atoms with E-state index in [4.69, 9.17) is 9.47 Å². The molecular formula is C19H22N2O7. The second-order valence-electron chi connectivity index (χ2n) is 6.17. The lowest BCUT2D eigenvalue weighted by Crippen LogP contribution is -2.34. The molecule has 0 bridgehead atoms. The molecule has 1 atom stereocenters. The van der Waals surface area contributed by atoms with Crippen molar-refractivity contribution in [3.05, 3.63) is 52.1 Å². The van der Waals surface area contributed by atoms with Gasteiger partial charge in [-0.1, -0.05) is 24.3 Å². The van der Waals surface area contributed by atoms with Gasteiger partial charge in [-0.05, 0) is 35.4 Å². The summed E-state index contributed by atoms with van der Waals surface area (Å²) in [5.74, 6) is -0.810. The number of amides is 1. The van der Waals surface area contributed by atoms with Crippen LogP contribution in [0.15, 0.2) is 36.4 Å². The molecule has 0 aliphatic heterocycles. The van der Waals surface area contributed by atoms with Gasteiger partial charge < -0.3 is 19.2 Å². The van der Waals surface area contributed by atoms with Crippen LogP contribution in [0.25, 0.3) is 10.8 Å². The van der Waals surface area contributed by atoms with Crippen molar-refractivity contribution in [3.63, 3.8) is 0 Å². The zero-order valence-electron chi connectivity index (χ0n) is 15.9. The number of nitrogens with zero attached hydrogens (tertiary/aromatic N) is 2. The number of likely N-dealkylation sites (N-methyl/N-ethyl adjacent to an activating group) is 1. The Hall–Kier alpha value is -3.36. The van der Waals surface area contributed by atoms with Crippen molar-refractivity contribution in [1.82, 2.24) is 4.90 Å². The zero-order chi connectivity index (χ0) is 20.7. The van der Waals surface area contributed by atoms with Crippen LogP contribution in [0, 0.1) is 10.1 Å². The summed E-state index contributed by atoms with van der Waals surface area (Å²) in [6.45, 7) is 1.03. The van der Waals surface area contributed by atoms with Crippen molar-refractivity contribution in [3.8, 4) is 5.75 Å². The second kappa shape index (κ2) is 9.54. The molecule has 150 valence electrons. The van der Waals surface area contributed by atoms with Crippen molar-refractivity contribution in [2.75, 3.05) is 33.9 Å². The molecule has 0 heterocycles. The minimum absolute atomic E-state index is 0.0149. The Labute approximate surface area is 161 Å². The van der Waals surface area contributed by atoms with Crippen molar-refractivity contribution < 1.29 is 29.0 Å². The van der Waals surface area contributed by atoms with E-state index in [0.29, 0.717) is 0 Å². The van der Waals surface area contributed by atoms with Crippen LogP contribution in [0.5, 0.6) is 5.75 Å². The fourth-order valence-electron chi connectivity index (χ4n) is 2.52. The number of rotatable bonds is 9. The molecule has 0 unspecified atom stereocenters. The van der Waals surface area contributed by atoms with E-state index in [2.05, 4.69) is 4.84 Å². The van der Waals surface area contributed by atoms with Crippen molar-refractivity contribution in [2.24, 2.45) is 0 Å². The van der Waals surface area contributed by atoms with E-state index in [-0.39, 0.29) is 13.2 Å². The van der Waals surface area contributed by atoms with Crippen LogP contribution in [0.3, 0.4) is 0 Å². The maximum Gasteiger partial charge on any atom is 0.313 e. The number of methoxy groups -OCH3 is 1. The smallest absolute Gasteiger partial charge is 0.313 e. The highest BCUT2D eigenvalue weighted by atomic mass is 16.9. The molecule has 0 aliphatic carbocycles. The summed E-state index contributed by atoms with van der Waals surface area (Å²) < 4.78 is 10.3. The summed E-state index contributed by atoms with van der Waals surface area (Å²) >= 11 is 0. The Morgan fingerprint density at radius 3 is 2.54 bits per heavy atom. The van der Waals surface area contributed by atoms with Gasteiger partial charge in [-0.15, -0.1) is 10.1 Å². The first kappa shape index (κ1) is 20.9. The van der Waals surface area contributed by atoms with Gasteiger partial charge >= 0.3 is 5.97 Å². The molecule has 0 aromatic heterocycles. The Balaban J connectivity index is 1.92. The summed E-state index contributed by atoms with van der Waals surface area (Å²) in [6, 6.07) is 11.3. The minimum Gasteiger partial charge on any atom is -0.497 e. The molecule has 2 aromatic rings. The number of carbonyl (C=O) groups is 2. The van der Waals surface area contributed by atoms with Gasteiger partial charge in [0.2, 0.25) is 0 Å². The average molecular weight is 390 g/mol. The largest absolute Gasteiger partial charge is 0.497 e. The van der Waals surface area contributed by atoms with E-state index in [0.717, 1.165) is 22.1 Å². The molecule has 9 heteroatoms. The Bertz CT molecular complexity index is 868. The molecule has 2 aromatic carbocycles. The Morgan fingerprint density at radius 1 is 1.18 bits per heavy atom. The van der Waals surface area contributed by atoms with E-state index in [1.807, 2.05) is 36.4 Å². The standard InChI is InChI=1S/C19H22N2O7/c1-13(14-4-5-16-11-17(26-3)7-6-15(16)10-14)19(23)27-12-18(22)20(2)8-9-28-21(24)25/h4-7,10-11,13H,8-9,12H2,1-3H3/t13-/m0/s1. The normalized spacial score (nSPS) is 11.5. The first-order chi connectivity index (χ1) is 13.3. The summed E-state index contributed by atoms with van der Waals surface area (Å²) in [6.07, 6.45) is 0. The maximum absolute atomic E-state index is 12.3. The van der Waals surface area contributed by atoms with Gasteiger partial charge in [0.1, 0.15) is 12.4 Å². The summed E-state index contributed by atoms with van der Waals surface area (Å²) in [5, 5.41) is 11.1. The van der Waals surface area contributed by atoms with Crippen LogP contribution >= 0.6 is 0 Å². The number of ether oxygens (including phenoxy) is 2. The van der Waals surface area contributed by atoms with Gasteiger partial charge in [-0.25, -0.2) is 0 Å². The Morgan fingerprint density at radius 2 is 1.86 bits per heavy atom. The third kappa shape index (κ3) is 5.57. The second-order valence-corrected chi connectivity index (χ2v) is 6.17. The fourth-order valence-corrected chi connectivity index (χ4v) is 2.52. The van der Waals surface area contributed by atoms with Gasteiger partial charge in [0.05, 0.1) is 13.0 Å². The van der Waals surface area contributed by atoms with Crippen LogP contribution in [-0.2, 0) is 19.2 Å². The first-order valence-electron chi connectivity index (χ1n) is 8.57. The number of carbonyl (C=O) groups excluding carboxylic acids is 2. The van der Waals surface area contributed by atoms with Gasteiger partial charge in [0.15, 0.2) is 6.61 Å². The molecule has 0 fully saturated rings. The zero-order valence-corrected chi connectivity index (χ0v) is 15.9. The van der Waals surface area contributed by atoms with E-state index in [9.17, 15) is 19.7 Å². The lowest BCUT2D eigenvalue weighted by molar-refractivity contribution is -0.757. The van der Waals surface area contributed by atoms with E-state index in [1.54, 1.807) is 14.0 Å². The van der Waals surface area contributed by atoms with Crippen LogP contribution in [0.2, 0.25) is 0 Å². The third-order valence-electron chi connectivity index (χ3n) is 4.31. The molecule has 1 amide bonds. The molecule has 0 spiro atoms. The van der Waals surface area contributed by atoms with Gasteiger partial charge in [0, 0.05) is 13.6 Å². The van der Waals surface area contributed by atoms with Crippen LogP contribution in [0.1, 0.15) is 18.4 Å². The predicted octanol–water partition coefficient (Wildman–Crippen LogP) is 2.16. The summed E-state index contributed by atoms with van der Waals surface area (Å²) in [7, 11) is 3.04. The SMILES string of the molecule is COc1ccc2cc([C@H](C)C(=O)OCC(=O)N(C)CCO[N+](=O)[O-])ccc2c1. The number of hydrogen-bond donors (Lipinski definition) is 0. The third-order valence-corrected chi connectivity index (χ3v) is 4.31.